The molecule has 0 spiro atoms. The van der Waals surface area contributed by atoms with Gasteiger partial charge in [-0.25, -0.2) is 0 Å². The highest BCUT2D eigenvalue weighted by molar-refractivity contribution is 5.54. The second-order valence-corrected chi connectivity index (χ2v) is 7.01. The minimum absolute atomic E-state index is 0.142. The summed E-state index contributed by atoms with van der Waals surface area (Å²) in [6, 6.07) is 1.98. The summed E-state index contributed by atoms with van der Waals surface area (Å²) in [5, 5.41) is 20.6. The van der Waals surface area contributed by atoms with Gasteiger partial charge in [-0.15, -0.1) is 5.10 Å². The maximum Gasteiger partial charge on any atom is 0.229 e. The predicted molar refractivity (Wildman–Crippen MR) is 141 cm³/mol. The standard InChI is InChI=1S/C18H28N8O3.3C2H6/c27-7-1-2-26-14-15(22-23-26)13-19-16-12-17(24-3-8-28-9-4-24)21-18(20-16)25-5-10-29-11-6-25;3*1-2/h12,14,27H,1-11,13H2,(H,19,20,21);3*1-2H3. The fraction of sp³-hybridized carbons (Fsp3) is 0.750. The lowest BCUT2D eigenvalue weighted by Crippen LogP contribution is -2.39. The van der Waals surface area contributed by atoms with Crippen molar-refractivity contribution in [1.29, 1.82) is 0 Å². The molecule has 0 amide bonds. The Morgan fingerprint density at radius 2 is 1.49 bits per heavy atom. The first-order valence-corrected chi connectivity index (χ1v) is 13.1. The van der Waals surface area contributed by atoms with E-state index in [2.05, 4.69) is 25.4 Å². The number of rotatable bonds is 8. The number of nitrogens with one attached hydrogen (secondary N) is 1. The van der Waals surface area contributed by atoms with Gasteiger partial charge >= 0.3 is 0 Å². The van der Waals surface area contributed by atoms with Gasteiger partial charge < -0.3 is 29.7 Å². The van der Waals surface area contributed by atoms with E-state index in [1.807, 2.05) is 53.8 Å². The van der Waals surface area contributed by atoms with E-state index >= 15 is 0 Å². The van der Waals surface area contributed by atoms with Crippen LogP contribution in [0.3, 0.4) is 0 Å². The normalized spacial score (nSPS) is 15.1. The first-order valence-electron chi connectivity index (χ1n) is 13.1. The van der Waals surface area contributed by atoms with Gasteiger partial charge in [-0.2, -0.15) is 9.97 Å². The van der Waals surface area contributed by atoms with Crippen molar-refractivity contribution in [2.45, 2.75) is 61.1 Å². The molecule has 0 unspecified atom stereocenters. The molecule has 0 aliphatic carbocycles. The summed E-state index contributed by atoms with van der Waals surface area (Å²) in [6.45, 7) is 19.3. The van der Waals surface area contributed by atoms with E-state index < -0.39 is 0 Å². The van der Waals surface area contributed by atoms with Crippen molar-refractivity contribution in [3.63, 3.8) is 0 Å². The van der Waals surface area contributed by atoms with E-state index in [1.165, 1.54) is 0 Å². The van der Waals surface area contributed by atoms with Crippen LogP contribution in [0, 0.1) is 0 Å². The lowest BCUT2D eigenvalue weighted by Gasteiger charge is -2.31. The number of aliphatic hydroxyl groups is 1. The van der Waals surface area contributed by atoms with Crippen LogP contribution < -0.4 is 15.1 Å². The fourth-order valence-corrected chi connectivity index (χ4v) is 3.31. The number of hydrogen-bond donors (Lipinski definition) is 2. The van der Waals surface area contributed by atoms with E-state index in [9.17, 15) is 0 Å². The Bertz CT molecular complexity index is 742. The molecule has 0 radical (unpaired) electrons. The summed E-state index contributed by atoms with van der Waals surface area (Å²) < 4.78 is 12.7. The molecule has 2 aromatic rings. The van der Waals surface area contributed by atoms with Crippen LogP contribution in [-0.2, 0) is 22.6 Å². The molecule has 2 aromatic heterocycles. The molecule has 2 N–H and O–H groups in total. The maximum atomic E-state index is 8.94. The number of hydrogen-bond acceptors (Lipinski definition) is 10. The minimum atomic E-state index is 0.142. The summed E-state index contributed by atoms with van der Waals surface area (Å²) in [4.78, 5) is 13.9. The molecule has 2 fully saturated rings. The molecule has 11 nitrogen and oxygen atoms in total. The summed E-state index contributed by atoms with van der Waals surface area (Å²) >= 11 is 0. The van der Waals surface area contributed by atoms with E-state index in [-0.39, 0.29) is 6.61 Å². The molecule has 0 bridgehead atoms. The first kappa shape index (κ1) is 30.5. The van der Waals surface area contributed by atoms with Gasteiger partial charge in [-0.1, -0.05) is 46.8 Å². The van der Waals surface area contributed by atoms with Crippen molar-refractivity contribution < 1.29 is 14.6 Å². The Morgan fingerprint density at radius 1 is 0.886 bits per heavy atom. The smallest absolute Gasteiger partial charge is 0.229 e. The fourth-order valence-electron chi connectivity index (χ4n) is 3.31. The van der Waals surface area contributed by atoms with Crippen molar-refractivity contribution >= 4 is 17.6 Å². The summed E-state index contributed by atoms with van der Waals surface area (Å²) in [5.74, 6) is 2.37. The van der Waals surface area contributed by atoms with Crippen LogP contribution >= 0.6 is 0 Å². The largest absolute Gasteiger partial charge is 0.396 e. The van der Waals surface area contributed by atoms with Crippen LogP contribution in [0.2, 0.25) is 0 Å². The van der Waals surface area contributed by atoms with Crippen molar-refractivity contribution in [2.75, 3.05) is 74.3 Å². The number of morpholine rings is 2. The zero-order valence-corrected chi connectivity index (χ0v) is 22.5. The molecule has 200 valence electrons. The molecule has 2 aliphatic heterocycles. The average Bonchev–Trinajstić information content (AvgIpc) is 3.42. The zero-order chi connectivity index (χ0) is 25.9. The van der Waals surface area contributed by atoms with Crippen LogP contribution in [0.5, 0.6) is 0 Å². The molecule has 2 aliphatic rings. The summed E-state index contributed by atoms with van der Waals surface area (Å²) in [6.07, 6.45) is 2.55. The van der Waals surface area contributed by atoms with Gasteiger partial charge in [0.1, 0.15) is 17.3 Å². The average molecular weight is 495 g/mol. The van der Waals surface area contributed by atoms with Gasteiger partial charge in [0, 0.05) is 45.4 Å². The number of aromatic nitrogens is 5. The lowest BCUT2D eigenvalue weighted by atomic mass is 10.3. The Morgan fingerprint density at radius 3 is 2.09 bits per heavy atom. The van der Waals surface area contributed by atoms with Crippen molar-refractivity contribution in [3.05, 3.63) is 18.0 Å². The molecule has 0 atom stereocenters. The molecule has 4 heterocycles. The quantitative estimate of drug-likeness (QED) is 0.568. The Labute approximate surface area is 210 Å². The van der Waals surface area contributed by atoms with Gasteiger partial charge in [-0.05, 0) is 6.42 Å². The molecular formula is C24H46N8O3. The van der Waals surface area contributed by atoms with Gasteiger partial charge in [0.15, 0.2) is 0 Å². The number of aliphatic hydroxyl groups excluding tert-OH is 1. The SMILES string of the molecule is CC.CC.CC.OCCCn1cc(CNc2cc(N3CCOCC3)nc(N3CCOCC3)n2)nn1. The molecule has 11 heteroatoms. The van der Waals surface area contributed by atoms with Crippen LogP contribution in [0.4, 0.5) is 17.6 Å². The molecule has 0 saturated carbocycles. The second kappa shape index (κ2) is 18.8. The highest BCUT2D eigenvalue weighted by Gasteiger charge is 2.19. The number of aryl methyl sites for hydroxylation is 1. The van der Waals surface area contributed by atoms with Gasteiger partial charge in [0.2, 0.25) is 5.95 Å². The van der Waals surface area contributed by atoms with Gasteiger partial charge in [-0.3, -0.25) is 4.68 Å². The van der Waals surface area contributed by atoms with Crippen LogP contribution in [-0.4, -0.2) is 89.3 Å². The summed E-state index contributed by atoms with van der Waals surface area (Å²) in [7, 11) is 0. The molecular weight excluding hydrogens is 448 g/mol. The third-order valence-electron chi connectivity index (χ3n) is 4.91. The lowest BCUT2D eigenvalue weighted by molar-refractivity contribution is 0.121. The first-order chi connectivity index (χ1) is 17.3. The van der Waals surface area contributed by atoms with E-state index in [1.54, 1.807) is 4.68 Å². The molecule has 0 aromatic carbocycles. The molecule has 4 rings (SSSR count). The highest BCUT2D eigenvalue weighted by atomic mass is 16.5. The Balaban J connectivity index is 0.000000949. The maximum absolute atomic E-state index is 8.94. The van der Waals surface area contributed by atoms with Crippen LogP contribution in [0.15, 0.2) is 12.3 Å². The van der Waals surface area contributed by atoms with Crippen LogP contribution in [0.1, 0.15) is 53.7 Å². The minimum Gasteiger partial charge on any atom is -0.396 e. The number of ether oxygens (including phenoxy) is 2. The Hall–Kier alpha value is -2.50. The van der Waals surface area contributed by atoms with Crippen LogP contribution in [0.25, 0.3) is 0 Å². The second-order valence-electron chi connectivity index (χ2n) is 7.01. The topological polar surface area (TPSA) is 114 Å². The molecule has 35 heavy (non-hydrogen) atoms. The van der Waals surface area contributed by atoms with E-state index in [0.29, 0.717) is 51.9 Å². The number of nitrogens with zero attached hydrogens (tertiary/aromatic N) is 7. The van der Waals surface area contributed by atoms with Crippen molar-refractivity contribution in [1.82, 2.24) is 25.0 Å². The van der Waals surface area contributed by atoms with Crippen molar-refractivity contribution in [2.24, 2.45) is 0 Å². The van der Waals surface area contributed by atoms with Gasteiger partial charge in [0.25, 0.3) is 0 Å². The Kier molecular flexibility index (Phi) is 16.4. The van der Waals surface area contributed by atoms with Crippen molar-refractivity contribution in [3.8, 4) is 0 Å². The number of anilines is 3. The van der Waals surface area contributed by atoms with Gasteiger partial charge in [0.05, 0.1) is 39.2 Å². The third kappa shape index (κ3) is 10.3. The predicted octanol–water partition coefficient (Wildman–Crippen LogP) is 2.81. The monoisotopic (exact) mass is 494 g/mol. The third-order valence-corrected chi connectivity index (χ3v) is 4.91. The van der Waals surface area contributed by atoms with E-state index in [0.717, 1.165) is 43.5 Å². The summed E-state index contributed by atoms with van der Waals surface area (Å²) in [5.41, 5.74) is 0.822. The molecule has 2 saturated heterocycles. The zero-order valence-electron chi connectivity index (χ0n) is 22.5. The highest BCUT2D eigenvalue weighted by Crippen LogP contribution is 2.22. The van der Waals surface area contributed by atoms with E-state index in [4.69, 9.17) is 24.5 Å².